The molecule has 0 saturated carbocycles. The van der Waals surface area contributed by atoms with Crippen molar-refractivity contribution in [3.63, 3.8) is 0 Å². The predicted octanol–water partition coefficient (Wildman–Crippen LogP) is -3.25. The lowest BCUT2D eigenvalue weighted by atomic mass is 10.3. The van der Waals surface area contributed by atoms with E-state index in [1.807, 2.05) is 14.1 Å². The third kappa shape index (κ3) is 4.58. The van der Waals surface area contributed by atoms with Gasteiger partial charge in [0.15, 0.2) is 0 Å². The molecule has 1 unspecified atom stereocenters. The number of nitrogens with two attached hydrogens (primary N) is 1. The lowest BCUT2D eigenvalue weighted by molar-refractivity contribution is -0.915. The minimum absolute atomic E-state index is 0. The summed E-state index contributed by atoms with van der Waals surface area (Å²) in [7, 11) is 4.06. The van der Waals surface area contributed by atoms with E-state index >= 15 is 0 Å². The van der Waals surface area contributed by atoms with E-state index in [0.29, 0.717) is 4.48 Å². The van der Waals surface area contributed by atoms with Crippen molar-refractivity contribution in [1.29, 1.82) is 0 Å². The number of rotatable bonds is 4. The fourth-order valence-electron chi connectivity index (χ4n) is 0.918. The van der Waals surface area contributed by atoms with Gasteiger partial charge in [0, 0.05) is 6.42 Å². The Morgan fingerprint density at radius 1 is 1.45 bits per heavy atom. The lowest BCUT2D eigenvalue weighted by Gasteiger charge is -2.34. The highest BCUT2D eigenvalue weighted by Crippen LogP contribution is 2.03. The zero-order valence-electron chi connectivity index (χ0n) is 7.55. The first-order valence-corrected chi connectivity index (χ1v) is 3.73. The van der Waals surface area contributed by atoms with Crippen molar-refractivity contribution in [2.24, 2.45) is 5.73 Å². The van der Waals surface area contributed by atoms with Crippen LogP contribution in [0.1, 0.15) is 13.3 Å². The van der Waals surface area contributed by atoms with Gasteiger partial charge in [0.05, 0.1) is 20.7 Å². The van der Waals surface area contributed by atoms with Gasteiger partial charge in [-0.25, -0.2) is 0 Å². The van der Waals surface area contributed by atoms with Crippen LogP contribution in [0.5, 0.6) is 0 Å². The van der Waals surface area contributed by atoms with Crippen LogP contribution in [0, 0.1) is 0 Å². The molecule has 0 rings (SSSR count). The molecule has 0 aliphatic heterocycles. The van der Waals surface area contributed by atoms with Crippen LogP contribution in [0.25, 0.3) is 0 Å². The van der Waals surface area contributed by atoms with Crippen molar-refractivity contribution in [1.82, 2.24) is 0 Å². The smallest absolute Gasteiger partial charge is 0.139 e. The highest BCUT2D eigenvalue weighted by atomic mass is 35.5. The van der Waals surface area contributed by atoms with Crippen molar-refractivity contribution >= 4 is 0 Å². The standard InChI is InChI=1S/C7H19N2O.ClH/c1-4-7(8)9(2,3)5-6-10;/h7,10H,4-6,8H2,1-3H3;1H/q+1;/p-1. The number of likely N-dealkylation sites (N-methyl/N-ethyl adjacent to an activating group) is 1. The van der Waals surface area contributed by atoms with E-state index in [9.17, 15) is 0 Å². The highest BCUT2D eigenvalue weighted by Gasteiger charge is 2.21. The molecule has 0 aromatic carbocycles. The van der Waals surface area contributed by atoms with Gasteiger partial charge < -0.3 is 22.0 Å². The Morgan fingerprint density at radius 3 is 2.18 bits per heavy atom. The van der Waals surface area contributed by atoms with E-state index in [2.05, 4.69) is 6.92 Å². The second-order valence-electron chi connectivity index (χ2n) is 3.20. The van der Waals surface area contributed by atoms with Crippen molar-refractivity contribution in [2.75, 3.05) is 27.2 Å². The number of hydrogen-bond acceptors (Lipinski definition) is 2. The zero-order chi connectivity index (χ0) is 8.20. The Labute approximate surface area is 75.2 Å². The molecule has 11 heavy (non-hydrogen) atoms. The summed E-state index contributed by atoms with van der Waals surface area (Å²) in [6, 6.07) is 0. The van der Waals surface area contributed by atoms with Gasteiger partial charge in [0.25, 0.3) is 0 Å². The number of aliphatic hydroxyl groups is 1. The molecule has 0 fully saturated rings. The molecule has 70 valence electrons. The molecule has 0 spiro atoms. The highest BCUT2D eigenvalue weighted by molar-refractivity contribution is 4.43. The molecular weight excluding hydrogens is 164 g/mol. The van der Waals surface area contributed by atoms with Gasteiger partial charge in [-0.05, 0) is 0 Å². The number of nitrogens with zero attached hydrogens (tertiary/aromatic N) is 1. The fraction of sp³-hybridized carbons (Fsp3) is 1.00. The lowest BCUT2D eigenvalue weighted by Crippen LogP contribution is -3.00. The summed E-state index contributed by atoms with van der Waals surface area (Å²) in [5, 5.41) is 8.68. The molecule has 0 heterocycles. The number of quaternary nitrogens is 1. The second kappa shape index (κ2) is 5.77. The summed E-state index contributed by atoms with van der Waals surface area (Å²) in [5.41, 5.74) is 5.80. The summed E-state index contributed by atoms with van der Waals surface area (Å²) in [6.07, 6.45) is 1.10. The van der Waals surface area contributed by atoms with Crippen LogP contribution in [-0.2, 0) is 0 Å². The van der Waals surface area contributed by atoms with Crippen molar-refractivity contribution in [2.45, 2.75) is 19.5 Å². The summed E-state index contributed by atoms with van der Waals surface area (Å²) < 4.78 is 0.701. The van der Waals surface area contributed by atoms with Gasteiger partial charge in [-0.2, -0.15) is 0 Å². The Bertz CT molecular complexity index is 98.4. The maximum atomic E-state index is 8.68. The molecule has 0 aliphatic carbocycles. The Balaban J connectivity index is 0. The third-order valence-corrected chi connectivity index (χ3v) is 1.99. The van der Waals surface area contributed by atoms with E-state index in [4.69, 9.17) is 10.8 Å². The number of aliphatic hydroxyl groups excluding tert-OH is 1. The first kappa shape index (κ1) is 13.7. The Hall–Kier alpha value is 0.170. The van der Waals surface area contributed by atoms with E-state index in [-0.39, 0.29) is 25.2 Å². The molecule has 0 radical (unpaired) electrons. The van der Waals surface area contributed by atoms with Crippen LogP contribution in [0.2, 0.25) is 0 Å². The van der Waals surface area contributed by atoms with Crippen molar-refractivity contribution in [3.8, 4) is 0 Å². The van der Waals surface area contributed by atoms with Crippen LogP contribution in [0.15, 0.2) is 0 Å². The van der Waals surface area contributed by atoms with Gasteiger partial charge >= 0.3 is 0 Å². The fourth-order valence-corrected chi connectivity index (χ4v) is 0.918. The molecule has 3 N–H and O–H groups in total. The van der Waals surface area contributed by atoms with Gasteiger partial charge in [-0.3, -0.25) is 5.73 Å². The molecule has 0 aliphatic rings. The molecule has 1 atom stereocenters. The van der Waals surface area contributed by atoms with E-state index in [1.165, 1.54) is 0 Å². The average molecular weight is 183 g/mol. The maximum Gasteiger partial charge on any atom is 0.139 e. The third-order valence-electron chi connectivity index (χ3n) is 1.99. The molecule has 4 heteroatoms. The largest absolute Gasteiger partial charge is 1.00 e. The zero-order valence-corrected chi connectivity index (χ0v) is 8.30. The summed E-state index contributed by atoms with van der Waals surface area (Å²) in [5.74, 6) is 0. The first-order valence-electron chi connectivity index (χ1n) is 3.73. The van der Waals surface area contributed by atoms with Crippen molar-refractivity contribution in [3.05, 3.63) is 0 Å². The molecule has 0 bridgehead atoms. The molecule has 0 amide bonds. The van der Waals surface area contributed by atoms with E-state index < -0.39 is 0 Å². The van der Waals surface area contributed by atoms with Crippen LogP contribution < -0.4 is 18.1 Å². The van der Waals surface area contributed by atoms with Gasteiger partial charge in [0.2, 0.25) is 0 Å². The molecular formula is C7H19ClN2O. The van der Waals surface area contributed by atoms with E-state index in [0.717, 1.165) is 13.0 Å². The molecule has 0 aromatic heterocycles. The topological polar surface area (TPSA) is 46.2 Å². The maximum absolute atomic E-state index is 8.68. The first-order chi connectivity index (χ1) is 4.54. The second-order valence-corrected chi connectivity index (χ2v) is 3.20. The van der Waals surface area contributed by atoms with E-state index in [1.54, 1.807) is 0 Å². The SMILES string of the molecule is CCC(N)[N+](C)(C)CCO.[Cl-]. The van der Waals surface area contributed by atoms with Crippen molar-refractivity contribution < 1.29 is 22.0 Å². The number of hydrogen-bond donors (Lipinski definition) is 2. The van der Waals surface area contributed by atoms with Gasteiger partial charge in [-0.15, -0.1) is 0 Å². The normalized spacial score (nSPS) is 13.9. The molecule has 0 aromatic rings. The quantitative estimate of drug-likeness (QED) is 0.355. The summed E-state index contributed by atoms with van der Waals surface area (Å²) >= 11 is 0. The molecule has 3 nitrogen and oxygen atoms in total. The minimum Gasteiger partial charge on any atom is -1.00 e. The van der Waals surface area contributed by atoms with Gasteiger partial charge in [-0.1, -0.05) is 6.92 Å². The van der Waals surface area contributed by atoms with Gasteiger partial charge in [0.1, 0.15) is 12.7 Å². The predicted molar refractivity (Wildman–Crippen MR) is 42.3 cm³/mol. The summed E-state index contributed by atoms with van der Waals surface area (Å²) in [4.78, 5) is 0. The Kier molecular flexibility index (Phi) is 7.21. The van der Waals surface area contributed by atoms with Crippen LogP contribution >= 0.6 is 0 Å². The number of halogens is 1. The Morgan fingerprint density at radius 2 is 1.91 bits per heavy atom. The average Bonchev–Trinajstić information content (AvgIpc) is 1.86. The van der Waals surface area contributed by atoms with Crippen LogP contribution in [0.4, 0.5) is 0 Å². The minimum atomic E-state index is 0. The molecule has 0 saturated heterocycles. The summed E-state index contributed by atoms with van der Waals surface area (Å²) in [6.45, 7) is 3.00. The van der Waals surface area contributed by atoms with Crippen LogP contribution in [0.3, 0.4) is 0 Å². The van der Waals surface area contributed by atoms with Crippen LogP contribution in [-0.4, -0.2) is 43.0 Å². The monoisotopic (exact) mass is 182 g/mol.